The molecule has 0 heterocycles. The molecule has 5 heteroatoms. The van der Waals surface area contributed by atoms with Crippen LogP contribution in [0.25, 0.3) is 0 Å². The van der Waals surface area contributed by atoms with E-state index in [0.717, 1.165) is 19.3 Å². The first-order chi connectivity index (χ1) is 7.59. The normalized spacial score (nSPS) is 19.0. The monoisotopic (exact) mass is 261 g/mol. The van der Waals surface area contributed by atoms with Gasteiger partial charge in [-0.05, 0) is 37.0 Å². The molecule has 4 N–H and O–H groups in total. The zero-order valence-corrected chi connectivity index (χ0v) is 10.2. The Kier molecular flexibility index (Phi) is 4.74. The van der Waals surface area contributed by atoms with Gasteiger partial charge in [-0.15, -0.1) is 12.4 Å². The van der Waals surface area contributed by atoms with Crippen LogP contribution in [0.5, 0.6) is 5.75 Å². The van der Waals surface area contributed by atoms with Gasteiger partial charge in [0.2, 0.25) is 0 Å². The third kappa shape index (κ3) is 2.89. The first-order valence-corrected chi connectivity index (χ1v) is 5.51. The van der Waals surface area contributed by atoms with E-state index < -0.39 is 18.0 Å². The van der Waals surface area contributed by atoms with Crippen LogP contribution in [0.1, 0.15) is 30.9 Å². The van der Waals surface area contributed by atoms with Crippen molar-refractivity contribution in [1.29, 1.82) is 0 Å². The molecule has 1 saturated carbocycles. The molecule has 1 aromatic carbocycles. The zero-order chi connectivity index (χ0) is 11.7. The molecule has 1 aliphatic carbocycles. The zero-order valence-electron chi connectivity index (χ0n) is 9.34. The second kappa shape index (κ2) is 5.67. The van der Waals surface area contributed by atoms with Crippen LogP contribution in [0.2, 0.25) is 0 Å². The van der Waals surface area contributed by atoms with Crippen molar-refractivity contribution >= 4 is 12.4 Å². The molecular weight excluding hydrogens is 245 g/mol. The van der Waals surface area contributed by atoms with Crippen molar-refractivity contribution in [3.8, 4) is 5.75 Å². The van der Waals surface area contributed by atoms with Gasteiger partial charge in [0, 0.05) is 5.56 Å². The van der Waals surface area contributed by atoms with Crippen molar-refractivity contribution in [3.05, 3.63) is 29.6 Å². The van der Waals surface area contributed by atoms with Gasteiger partial charge in [0.25, 0.3) is 0 Å². The Morgan fingerprint density at radius 2 is 2.00 bits per heavy atom. The molecule has 0 spiro atoms. The second-order valence-corrected chi connectivity index (χ2v) is 4.41. The summed E-state index contributed by atoms with van der Waals surface area (Å²) in [5, 5.41) is 19.5. The molecule has 3 nitrogen and oxygen atoms in total. The number of aliphatic hydroxyl groups excluding tert-OH is 1. The van der Waals surface area contributed by atoms with Crippen molar-refractivity contribution in [2.45, 2.75) is 31.4 Å². The Balaban J connectivity index is 0.00000144. The number of halogens is 2. The van der Waals surface area contributed by atoms with Crippen molar-refractivity contribution in [2.24, 2.45) is 11.7 Å². The van der Waals surface area contributed by atoms with Crippen LogP contribution in [0, 0.1) is 11.7 Å². The van der Waals surface area contributed by atoms with Crippen LogP contribution in [0.15, 0.2) is 18.2 Å². The Labute approximate surface area is 106 Å². The fourth-order valence-corrected chi connectivity index (χ4v) is 2.05. The van der Waals surface area contributed by atoms with E-state index >= 15 is 0 Å². The number of aromatic hydroxyl groups is 1. The largest absolute Gasteiger partial charge is 0.508 e. The second-order valence-electron chi connectivity index (χ2n) is 4.41. The van der Waals surface area contributed by atoms with Gasteiger partial charge in [-0.1, -0.05) is 6.42 Å². The van der Waals surface area contributed by atoms with E-state index in [9.17, 15) is 14.6 Å². The molecule has 0 aromatic heterocycles. The van der Waals surface area contributed by atoms with E-state index in [1.165, 1.54) is 18.2 Å². The summed E-state index contributed by atoms with van der Waals surface area (Å²) in [5.41, 5.74) is 6.12. The molecule has 1 aromatic rings. The molecule has 96 valence electrons. The molecule has 2 atom stereocenters. The van der Waals surface area contributed by atoms with Gasteiger partial charge in [0.1, 0.15) is 11.6 Å². The minimum atomic E-state index is -0.721. The maximum absolute atomic E-state index is 13.0. The van der Waals surface area contributed by atoms with Gasteiger partial charge < -0.3 is 15.9 Å². The number of hydrogen-bond donors (Lipinski definition) is 3. The van der Waals surface area contributed by atoms with E-state index in [2.05, 4.69) is 0 Å². The fraction of sp³-hybridized carbons (Fsp3) is 0.500. The molecule has 0 amide bonds. The topological polar surface area (TPSA) is 66.5 Å². The van der Waals surface area contributed by atoms with E-state index in [1.807, 2.05) is 0 Å². The summed E-state index contributed by atoms with van der Waals surface area (Å²) in [6.45, 7) is 0. The fourth-order valence-electron chi connectivity index (χ4n) is 2.05. The summed E-state index contributed by atoms with van der Waals surface area (Å²) in [7, 11) is 0. The number of phenols is 1. The van der Waals surface area contributed by atoms with Gasteiger partial charge in [0.15, 0.2) is 0 Å². The van der Waals surface area contributed by atoms with Crippen molar-refractivity contribution in [1.82, 2.24) is 0 Å². The van der Waals surface area contributed by atoms with Crippen LogP contribution in [-0.4, -0.2) is 16.3 Å². The molecule has 0 unspecified atom stereocenters. The van der Waals surface area contributed by atoms with Crippen LogP contribution in [0.3, 0.4) is 0 Å². The average molecular weight is 262 g/mol. The first-order valence-electron chi connectivity index (χ1n) is 5.51. The van der Waals surface area contributed by atoms with E-state index in [4.69, 9.17) is 5.73 Å². The highest BCUT2D eigenvalue weighted by atomic mass is 35.5. The van der Waals surface area contributed by atoms with Crippen LogP contribution < -0.4 is 5.73 Å². The predicted octanol–water partition coefficient (Wildman–Crippen LogP) is 2.11. The molecule has 0 saturated heterocycles. The number of aliphatic hydroxyl groups is 1. The molecule has 1 fully saturated rings. The van der Waals surface area contributed by atoms with Gasteiger partial charge in [-0.2, -0.15) is 0 Å². The van der Waals surface area contributed by atoms with Gasteiger partial charge in [-0.3, -0.25) is 0 Å². The quantitative estimate of drug-likeness (QED) is 0.781. The number of nitrogens with two attached hydrogens (primary N) is 1. The van der Waals surface area contributed by atoms with Crippen LogP contribution in [0.4, 0.5) is 4.39 Å². The van der Waals surface area contributed by atoms with Crippen molar-refractivity contribution in [2.75, 3.05) is 0 Å². The highest BCUT2D eigenvalue weighted by Crippen LogP contribution is 2.36. The lowest BCUT2D eigenvalue weighted by Crippen LogP contribution is -2.36. The smallest absolute Gasteiger partial charge is 0.123 e. The molecule has 1 aliphatic rings. The summed E-state index contributed by atoms with van der Waals surface area (Å²) in [6.07, 6.45) is 2.29. The maximum Gasteiger partial charge on any atom is 0.123 e. The highest BCUT2D eigenvalue weighted by Gasteiger charge is 2.31. The summed E-state index contributed by atoms with van der Waals surface area (Å²) >= 11 is 0. The molecule has 2 rings (SSSR count). The summed E-state index contributed by atoms with van der Waals surface area (Å²) < 4.78 is 13.0. The Morgan fingerprint density at radius 1 is 1.35 bits per heavy atom. The number of benzene rings is 1. The van der Waals surface area contributed by atoms with Crippen LogP contribution >= 0.6 is 12.4 Å². The Hall–Kier alpha value is -0.840. The standard InChI is InChI=1S/C12H16FNO2.ClH/c13-8-4-5-10(15)9(6-8)11(14)12(16)7-2-1-3-7;/h4-7,11-12,15-16H,1-3,14H2;1H/t11-,12+;/m0./s1. The van der Waals surface area contributed by atoms with Crippen molar-refractivity contribution in [3.63, 3.8) is 0 Å². The first kappa shape index (κ1) is 14.2. The maximum atomic E-state index is 13.0. The Morgan fingerprint density at radius 3 is 2.53 bits per heavy atom. The van der Waals surface area contributed by atoms with Gasteiger partial charge in [-0.25, -0.2) is 4.39 Å². The van der Waals surface area contributed by atoms with E-state index in [1.54, 1.807) is 0 Å². The summed E-state index contributed by atoms with van der Waals surface area (Å²) in [5.74, 6) is -0.339. The third-order valence-corrected chi connectivity index (χ3v) is 3.35. The van der Waals surface area contributed by atoms with Gasteiger partial charge in [0.05, 0.1) is 12.1 Å². The Bertz CT molecular complexity index is 385. The minimum absolute atomic E-state index is 0. The minimum Gasteiger partial charge on any atom is -0.508 e. The number of hydrogen-bond acceptors (Lipinski definition) is 3. The average Bonchev–Trinajstić information content (AvgIpc) is 2.18. The molecular formula is C12H17ClFNO2. The summed E-state index contributed by atoms with van der Waals surface area (Å²) in [4.78, 5) is 0. The van der Waals surface area contributed by atoms with E-state index in [-0.39, 0.29) is 29.6 Å². The molecule has 0 radical (unpaired) electrons. The number of rotatable bonds is 3. The highest BCUT2D eigenvalue weighted by molar-refractivity contribution is 5.85. The lowest BCUT2D eigenvalue weighted by atomic mass is 9.77. The predicted molar refractivity (Wildman–Crippen MR) is 65.6 cm³/mol. The number of phenolic OH excluding ortho intramolecular Hbond substituents is 1. The lowest BCUT2D eigenvalue weighted by molar-refractivity contribution is 0.0407. The molecule has 0 bridgehead atoms. The SMILES string of the molecule is Cl.N[C@@H](c1cc(F)ccc1O)[C@H](O)C1CCC1. The third-order valence-electron chi connectivity index (χ3n) is 3.35. The molecule has 0 aliphatic heterocycles. The van der Waals surface area contributed by atoms with Crippen molar-refractivity contribution < 1.29 is 14.6 Å². The summed E-state index contributed by atoms with van der Waals surface area (Å²) in [6, 6.07) is 2.89. The van der Waals surface area contributed by atoms with E-state index in [0.29, 0.717) is 0 Å². The molecule has 17 heavy (non-hydrogen) atoms. The van der Waals surface area contributed by atoms with Crippen LogP contribution in [-0.2, 0) is 0 Å². The van der Waals surface area contributed by atoms with Gasteiger partial charge >= 0.3 is 0 Å². The lowest BCUT2D eigenvalue weighted by Gasteiger charge is -2.33.